The number of nitrogens with one attached hydrogen (secondary N) is 1. The molecule has 0 unspecified atom stereocenters. The maximum Gasteiger partial charge on any atom is 0.416 e. The van der Waals surface area contributed by atoms with Gasteiger partial charge in [-0.1, -0.05) is 0 Å². The van der Waals surface area contributed by atoms with Crippen LogP contribution in [0.3, 0.4) is 0 Å². The summed E-state index contributed by atoms with van der Waals surface area (Å²) in [7, 11) is -3.32. The first-order valence-corrected chi connectivity index (χ1v) is 10.1. The summed E-state index contributed by atoms with van der Waals surface area (Å²) in [6.07, 6.45) is -0.886. The highest BCUT2D eigenvalue weighted by molar-refractivity contribution is 7.90. The Bertz CT molecular complexity index is 727. The molecule has 1 aromatic carbocycles. The Kier molecular flexibility index (Phi) is 5.97. The lowest BCUT2D eigenvalue weighted by atomic mass is 10.1. The molecule has 1 heterocycles. The molecule has 9 heteroatoms. The van der Waals surface area contributed by atoms with Crippen molar-refractivity contribution in [3.8, 4) is 0 Å². The zero-order chi connectivity index (χ0) is 18.7. The van der Waals surface area contributed by atoms with Gasteiger partial charge in [0, 0.05) is 25.8 Å². The van der Waals surface area contributed by atoms with Crippen molar-refractivity contribution in [2.75, 3.05) is 35.3 Å². The van der Waals surface area contributed by atoms with Gasteiger partial charge in [0.05, 0.1) is 22.7 Å². The molecule has 0 saturated carbocycles. The number of hydrogen-bond donors (Lipinski definition) is 1. The minimum atomic E-state index is -4.52. The van der Waals surface area contributed by atoms with Crippen LogP contribution in [0.4, 0.5) is 24.5 Å². The van der Waals surface area contributed by atoms with E-state index in [4.69, 9.17) is 0 Å². The number of anilines is 2. The first-order valence-electron chi connectivity index (χ1n) is 8.00. The molecule has 1 aromatic rings. The van der Waals surface area contributed by atoms with Gasteiger partial charge in [-0.15, -0.1) is 0 Å². The van der Waals surface area contributed by atoms with Crippen molar-refractivity contribution < 1.29 is 26.4 Å². The van der Waals surface area contributed by atoms with Crippen LogP contribution in [0.2, 0.25) is 0 Å². The van der Waals surface area contributed by atoms with Gasteiger partial charge in [0.2, 0.25) is 5.91 Å². The van der Waals surface area contributed by atoms with Gasteiger partial charge in [0.1, 0.15) is 9.84 Å². The van der Waals surface area contributed by atoms with Gasteiger partial charge in [-0.05, 0) is 37.5 Å². The highest BCUT2D eigenvalue weighted by Gasteiger charge is 2.31. The maximum atomic E-state index is 13.0. The predicted octanol–water partition coefficient (Wildman–Crippen LogP) is 3.07. The van der Waals surface area contributed by atoms with Crippen LogP contribution in [-0.4, -0.2) is 39.4 Å². The van der Waals surface area contributed by atoms with Gasteiger partial charge in [-0.3, -0.25) is 4.79 Å². The summed E-state index contributed by atoms with van der Waals surface area (Å²) in [6.45, 7) is 1.41. The average molecular weight is 378 g/mol. The van der Waals surface area contributed by atoms with E-state index in [-0.39, 0.29) is 17.9 Å². The fourth-order valence-corrected chi connectivity index (χ4v) is 3.27. The van der Waals surface area contributed by atoms with Crippen LogP contribution < -0.4 is 10.2 Å². The molecule has 0 bridgehead atoms. The molecule has 0 radical (unpaired) electrons. The maximum absolute atomic E-state index is 13.0. The zero-order valence-electron chi connectivity index (χ0n) is 13.9. The smallest absolute Gasteiger partial charge is 0.370 e. The van der Waals surface area contributed by atoms with Crippen molar-refractivity contribution in [2.45, 2.75) is 31.9 Å². The molecule has 1 saturated heterocycles. The minimum absolute atomic E-state index is 0.0650. The van der Waals surface area contributed by atoms with Crippen LogP contribution in [0.5, 0.6) is 0 Å². The number of nitrogens with zero attached hydrogens (tertiary/aromatic N) is 1. The summed E-state index contributed by atoms with van der Waals surface area (Å²) in [5.41, 5.74) is -0.262. The number of halogens is 3. The third-order valence-electron chi connectivity index (χ3n) is 3.99. The molecule has 0 spiro atoms. The molecule has 1 aliphatic rings. The Hall–Kier alpha value is -1.77. The Morgan fingerprint density at radius 3 is 2.40 bits per heavy atom. The number of carbonyl (C=O) groups excluding carboxylic acids is 1. The number of sulfone groups is 1. The number of hydrogen-bond acceptors (Lipinski definition) is 4. The monoisotopic (exact) mass is 378 g/mol. The Morgan fingerprint density at radius 1 is 1.20 bits per heavy atom. The second-order valence-electron chi connectivity index (χ2n) is 6.21. The highest BCUT2D eigenvalue weighted by Crippen LogP contribution is 2.36. The second kappa shape index (κ2) is 7.63. The number of alkyl halides is 3. The largest absolute Gasteiger partial charge is 0.416 e. The van der Waals surface area contributed by atoms with E-state index in [2.05, 4.69) is 5.32 Å². The number of benzene rings is 1. The fraction of sp³-hybridized carbons (Fsp3) is 0.562. The van der Waals surface area contributed by atoms with E-state index in [0.717, 1.165) is 37.7 Å². The summed E-state index contributed by atoms with van der Waals surface area (Å²) in [5, 5.41) is 2.45. The second-order valence-corrected chi connectivity index (χ2v) is 8.47. The molecule has 2 rings (SSSR count). The van der Waals surface area contributed by atoms with Crippen molar-refractivity contribution in [1.29, 1.82) is 0 Å². The van der Waals surface area contributed by atoms with Crippen LogP contribution in [0.15, 0.2) is 18.2 Å². The average Bonchev–Trinajstić information content (AvgIpc) is 2.52. The quantitative estimate of drug-likeness (QED) is 0.855. The zero-order valence-corrected chi connectivity index (χ0v) is 14.7. The molecular formula is C16H21F3N2O3S. The minimum Gasteiger partial charge on any atom is -0.370 e. The lowest BCUT2D eigenvalue weighted by molar-refractivity contribution is -0.137. The van der Waals surface area contributed by atoms with Gasteiger partial charge in [0.15, 0.2) is 0 Å². The third-order valence-corrected chi connectivity index (χ3v) is 4.94. The molecule has 5 nitrogen and oxygen atoms in total. The van der Waals surface area contributed by atoms with Crippen LogP contribution in [0, 0.1) is 0 Å². The molecule has 25 heavy (non-hydrogen) atoms. The normalized spacial score (nSPS) is 15.9. The summed E-state index contributed by atoms with van der Waals surface area (Å²) < 4.78 is 61.2. The Morgan fingerprint density at radius 2 is 1.84 bits per heavy atom. The van der Waals surface area contributed by atoms with Crippen LogP contribution in [0.25, 0.3) is 0 Å². The molecule has 140 valence electrons. The fourth-order valence-electron chi connectivity index (χ4n) is 2.71. The van der Waals surface area contributed by atoms with Crippen LogP contribution in [0.1, 0.15) is 31.2 Å². The molecular weight excluding hydrogens is 357 g/mol. The SMILES string of the molecule is CS(=O)(=O)CCC(=O)Nc1cc(C(F)(F)F)ccc1N1CCCCC1. The molecule has 1 aliphatic heterocycles. The Balaban J connectivity index is 2.25. The number of amides is 1. The van der Waals surface area contributed by atoms with Gasteiger partial charge < -0.3 is 10.2 Å². The van der Waals surface area contributed by atoms with Crippen molar-refractivity contribution >= 4 is 27.1 Å². The van der Waals surface area contributed by atoms with Crippen LogP contribution in [-0.2, 0) is 20.8 Å². The van der Waals surface area contributed by atoms with Gasteiger partial charge in [-0.2, -0.15) is 13.2 Å². The van der Waals surface area contributed by atoms with Crippen molar-refractivity contribution in [3.05, 3.63) is 23.8 Å². The third kappa shape index (κ3) is 5.91. The van der Waals surface area contributed by atoms with Crippen molar-refractivity contribution in [1.82, 2.24) is 0 Å². The van der Waals surface area contributed by atoms with E-state index in [9.17, 15) is 26.4 Å². The molecule has 0 aliphatic carbocycles. The summed E-state index contributed by atoms with van der Waals surface area (Å²) >= 11 is 0. The predicted molar refractivity (Wildman–Crippen MR) is 90.5 cm³/mol. The highest BCUT2D eigenvalue weighted by atomic mass is 32.2. The van der Waals surface area contributed by atoms with E-state index in [0.29, 0.717) is 18.8 Å². The lowest BCUT2D eigenvalue weighted by Crippen LogP contribution is -2.30. The van der Waals surface area contributed by atoms with Gasteiger partial charge in [0.25, 0.3) is 0 Å². The number of carbonyl (C=O) groups is 1. The topological polar surface area (TPSA) is 66.5 Å². The molecule has 1 amide bonds. The van der Waals surface area contributed by atoms with Crippen molar-refractivity contribution in [3.63, 3.8) is 0 Å². The molecule has 0 aromatic heterocycles. The van der Waals surface area contributed by atoms with E-state index in [1.54, 1.807) is 0 Å². The van der Waals surface area contributed by atoms with Crippen molar-refractivity contribution in [2.24, 2.45) is 0 Å². The first-order chi connectivity index (χ1) is 11.6. The van der Waals surface area contributed by atoms with Crippen LogP contribution >= 0.6 is 0 Å². The molecule has 1 N–H and O–H groups in total. The van der Waals surface area contributed by atoms with E-state index >= 15 is 0 Å². The summed E-state index contributed by atoms with van der Waals surface area (Å²) in [5.74, 6) is -0.973. The van der Waals surface area contributed by atoms with E-state index < -0.39 is 27.5 Å². The number of piperidine rings is 1. The van der Waals surface area contributed by atoms with Gasteiger partial charge in [-0.25, -0.2) is 8.42 Å². The standard InChI is InChI=1S/C16H21F3N2O3S/c1-25(23,24)10-7-15(22)20-13-11-12(16(17,18)19)5-6-14(13)21-8-3-2-4-9-21/h5-6,11H,2-4,7-10H2,1H3,(H,20,22). The van der Waals surface area contributed by atoms with E-state index in [1.807, 2.05) is 4.90 Å². The lowest BCUT2D eigenvalue weighted by Gasteiger charge is -2.31. The first kappa shape index (κ1) is 19.6. The molecule has 1 fully saturated rings. The summed E-state index contributed by atoms with van der Waals surface area (Å²) in [4.78, 5) is 13.9. The Labute approximate surface area is 145 Å². The molecule has 0 atom stereocenters. The number of rotatable bonds is 5. The van der Waals surface area contributed by atoms with Gasteiger partial charge >= 0.3 is 6.18 Å². The summed E-state index contributed by atoms with van der Waals surface area (Å²) in [6, 6.07) is 3.26. The van der Waals surface area contributed by atoms with E-state index in [1.165, 1.54) is 6.07 Å².